The average molecular weight is 204 g/mol. The topological polar surface area (TPSA) is 24.5 Å². The van der Waals surface area contributed by atoms with Crippen LogP contribution in [-0.4, -0.2) is 40.4 Å². The maximum Gasteiger partial charge on any atom is 0.147 e. The second kappa shape index (κ2) is 6.54. The Morgan fingerprint density at radius 3 is 1.92 bits per heavy atom. The van der Waals surface area contributed by atoms with Gasteiger partial charge in [-0.25, -0.2) is 0 Å². The highest BCUT2D eigenvalue weighted by atomic mass is 28.2. The Hall–Kier alpha value is 0.0969. The third-order valence-corrected chi connectivity index (χ3v) is 2.45. The maximum atomic E-state index is 5.12. The van der Waals surface area contributed by atoms with Gasteiger partial charge in [-0.3, -0.25) is 10.2 Å². The lowest BCUT2D eigenvalue weighted by molar-refractivity contribution is 0.0849. The molecule has 0 aromatic heterocycles. The molecule has 1 N–H and O–H groups in total. The van der Waals surface area contributed by atoms with E-state index in [2.05, 4.69) is 44.8 Å². The first-order chi connectivity index (χ1) is 6.00. The van der Waals surface area contributed by atoms with Gasteiger partial charge in [0.25, 0.3) is 0 Å². The summed E-state index contributed by atoms with van der Waals surface area (Å²) >= 11 is 0. The third-order valence-electron chi connectivity index (χ3n) is 2.16. The molecule has 0 aromatic carbocycles. The van der Waals surface area contributed by atoms with Gasteiger partial charge in [-0.05, 0) is 34.6 Å². The Kier molecular flexibility index (Phi) is 6.58. The van der Waals surface area contributed by atoms with Gasteiger partial charge in [-0.15, -0.1) is 0 Å². The van der Waals surface area contributed by atoms with Gasteiger partial charge >= 0.3 is 0 Å². The van der Waals surface area contributed by atoms with Gasteiger partial charge in [-0.2, -0.15) is 0 Å². The molecule has 0 aromatic rings. The van der Waals surface area contributed by atoms with Gasteiger partial charge in [0.15, 0.2) is 0 Å². The van der Waals surface area contributed by atoms with Crippen LogP contribution in [0.1, 0.15) is 34.6 Å². The maximum absolute atomic E-state index is 5.12. The van der Waals surface area contributed by atoms with Crippen molar-refractivity contribution in [1.82, 2.24) is 10.2 Å². The zero-order chi connectivity index (χ0) is 10.4. The van der Waals surface area contributed by atoms with E-state index >= 15 is 0 Å². The molecule has 0 aliphatic heterocycles. The molecule has 0 fully saturated rings. The molecule has 1 unspecified atom stereocenters. The SMILES string of the molecule is CC(C)N(C(C)C)C(C)NCO[SiH3]. The Balaban J connectivity index is 4.04. The molecule has 13 heavy (non-hydrogen) atoms. The summed E-state index contributed by atoms with van der Waals surface area (Å²) in [7, 11) is 0.802. The quantitative estimate of drug-likeness (QED) is 0.497. The zero-order valence-electron chi connectivity index (χ0n) is 9.79. The van der Waals surface area contributed by atoms with Crippen LogP contribution in [-0.2, 0) is 4.43 Å². The fourth-order valence-electron chi connectivity index (χ4n) is 1.80. The number of hydrogen-bond acceptors (Lipinski definition) is 3. The first kappa shape index (κ1) is 13.1. The van der Waals surface area contributed by atoms with Crippen molar-refractivity contribution in [3.8, 4) is 0 Å². The Bertz CT molecular complexity index is 123. The molecular formula is C9H24N2OSi. The normalized spacial score (nSPS) is 14.8. The van der Waals surface area contributed by atoms with Gasteiger partial charge in [0.05, 0.1) is 12.9 Å². The van der Waals surface area contributed by atoms with Crippen molar-refractivity contribution in [2.24, 2.45) is 0 Å². The lowest BCUT2D eigenvalue weighted by Crippen LogP contribution is -2.51. The van der Waals surface area contributed by atoms with Gasteiger partial charge in [0.2, 0.25) is 0 Å². The largest absolute Gasteiger partial charge is 0.415 e. The third kappa shape index (κ3) is 4.76. The van der Waals surface area contributed by atoms with Crippen molar-refractivity contribution in [2.75, 3.05) is 6.73 Å². The van der Waals surface area contributed by atoms with Gasteiger partial charge in [-0.1, -0.05) is 0 Å². The molecule has 0 saturated carbocycles. The number of rotatable bonds is 6. The molecule has 0 aliphatic rings. The second-order valence-corrected chi connectivity index (χ2v) is 4.53. The molecule has 4 heteroatoms. The molecule has 0 saturated heterocycles. The van der Waals surface area contributed by atoms with Crippen LogP contribution in [0.3, 0.4) is 0 Å². The van der Waals surface area contributed by atoms with Gasteiger partial charge in [0.1, 0.15) is 10.5 Å². The van der Waals surface area contributed by atoms with E-state index in [9.17, 15) is 0 Å². The van der Waals surface area contributed by atoms with Crippen molar-refractivity contribution in [3.05, 3.63) is 0 Å². The molecule has 0 aliphatic carbocycles. The number of nitrogens with zero attached hydrogens (tertiary/aromatic N) is 1. The fraction of sp³-hybridized carbons (Fsp3) is 1.00. The van der Waals surface area contributed by atoms with Crippen LogP contribution in [0.25, 0.3) is 0 Å². The molecule has 3 nitrogen and oxygen atoms in total. The van der Waals surface area contributed by atoms with Crippen LogP contribution in [0.4, 0.5) is 0 Å². The van der Waals surface area contributed by atoms with Crippen LogP contribution in [0, 0.1) is 0 Å². The summed E-state index contributed by atoms with van der Waals surface area (Å²) < 4.78 is 5.12. The Morgan fingerprint density at radius 1 is 1.15 bits per heavy atom. The van der Waals surface area contributed by atoms with Crippen LogP contribution >= 0.6 is 0 Å². The van der Waals surface area contributed by atoms with E-state index in [1.54, 1.807) is 0 Å². The van der Waals surface area contributed by atoms with E-state index in [0.717, 1.165) is 10.5 Å². The highest BCUT2D eigenvalue weighted by Gasteiger charge is 2.18. The smallest absolute Gasteiger partial charge is 0.147 e. The first-order valence-corrected chi connectivity index (χ1v) is 5.82. The monoisotopic (exact) mass is 204 g/mol. The molecule has 0 spiro atoms. The van der Waals surface area contributed by atoms with Crippen molar-refractivity contribution in [1.29, 1.82) is 0 Å². The van der Waals surface area contributed by atoms with E-state index < -0.39 is 0 Å². The minimum Gasteiger partial charge on any atom is -0.415 e. The predicted octanol–water partition coefficient (Wildman–Crippen LogP) is 0.295. The lowest BCUT2D eigenvalue weighted by atomic mass is 10.2. The highest BCUT2D eigenvalue weighted by Crippen LogP contribution is 2.08. The molecule has 0 rings (SSSR count). The summed E-state index contributed by atoms with van der Waals surface area (Å²) in [5.74, 6) is 0. The minimum atomic E-state index is 0.383. The first-order valence-electron chi connectivity index (χ1n) is 5.00. The average Bonchev–Trinajstić information content (AvgIpc) is 1.99. The van der Waals surface area contributed by atoms with Crippen molar-refractivity contribution in [3.63, 3.8) is 0 Å². The molecule has 0 amide bonds. The second-order valence-electron chi connectivity index (χ2n) is 3.95. The van der Waals surface area contributed by atoms with Crippen molar-refractivity contribution < 1.29 is 4.43 Å². The number of nitrogens with one attached hydrogen (secondary N) is 1. The van der Waals surface area contributed by atoms with E-state index in [1.807, 2.05) is 0 Å². The molecule has 0 bridgehead atoms. The van der Waals surface area contributed by atoms with E-state index in [4.69, 9.17) is 4.43 Å². The minimum absolute atomic E-state index is 0.383. The predicted molar refractivity (Wildman–Crippen MR) is 60.6 cm³/mol. The van der Waals surface area contributed by atoms with E-state index in [-0.39, 0.29) is 0 Å². The fourth-order valence-corrected chi connectivity index (χ4v) is 1.97. The molecule has 0 radical (unpaired) electrons. The van der Waals surface area contributed by atoms with Crippen LogP contribution in [0.2, 0.25) is 0 Å². The summed E-state index contributed by atoms with van der Waals surface area (Å²) in [4.78, 5) is 2.43. The van der Waals surface area contributed by atoms with E-state index in [1.165, 1.54) is 0 Å². The number of hydrogen-bond donors (Lipinski definition) is 1. The Morgan fingerprint density at radius 2 is 1.62 bits per heavy atom. The van der Waals surface area contributed by atoms with Crippen molar-refractivity contribution >= 4 is 10.5 Å². The van der Waals surface area contributed by atoms with Crippen LogP contribution < -0.4 is 5.32 Å². The summed E-state index contributed by atoms with van der Waals surface area (Å²) in [6.45, 7) is 11.7. The standard InChI is InChI=1S/C9H24N2OSi/c1-7(2)11(8(3)4)9(5)10-6-12-13/h7-10H,6H2,1-5,13H3. The summed E-state index contributed by atoms with van der Waals surface area (Å²) in [6.07, 6.45) is 0.383. The van der Waals surface area contributed by atoms with Gasteiger partial charge in [0, 0.05) is 12.1 Å². The van der Waals surface area contributed by atoms with E-state index in [0.29, 0.717) is 25.0 Å². The lowest BCUT2D eigenvalue weighted by Gasteiger charge is -2.36. The van der Waals surface area contributed by atoms with Crippen LogP contribution in [0.15, 0.2) is 0 Å². The summed E-state index contributed by atoms with van der Waals surface area (Å²) in [5, 5.41) is 3.33. The summed E-state index contributed by atoms with van der Waals surface area (Å²) in [5.41, 5.74) is 0. The summed E-state index contributed by atoms with van der Waals surface area (Å²) in [6, 6.07) is 1.13. The van der Waals surface area contributed by atoms with Crippen LogP contribution in [0.5, 0.6) is 0 Å². The molecule has 1 atom stereocenters. The highest BCUT2D eigenvalue weighted by molar-refractivity contribution is 5.97. The molecule has 0 heterocycles. The van der Waals surface area contributed by atoms with Crippen molar-refractivity contribution in [2.45, 2.75) is 52.9 Å². The van der Waals surface area contributed by atoms with Gasteiger partial charge < -0.3 is 4.43 Å². The Labute approximate surface area is 85.4 Å². The molecular weight excluding hydrogens is 180 g/mol. The molecule has 80 valence electrons. The zero-order valence-corrected chi connectivity index (χ0v) is 11.8.